The Morgan fingerprint density at radius 1 is 0.353 bits per heavy atom. The quantitative estimate of drug-likeness (QED) is 0.163. The molecule has 0 aliphatic carbocycles. The number of imidazole rings is 1. The van der Waals surface area contributed by atoms with Crippen LogP contribution in [-0.4, -0.2) is 9.38 Å². The number of benzene rings is 7. The van der Waals surface area contributed by atoms with E-state index in [4.69, 9.17) is 4.98 Å². The highest BCUT2D eigenvalue weighted by molar-refractivity contribution is 5.96. The average Bonchev–Trinajstić information content (AvgIpc) is 3.64. The molecule has 9 rings (SSSR count). The van der Waals surface area contributed by atoms with Gasteiger partial charge >= 0.3 is 0 Å². The van der Waals surface area contributed by atoms with Gasteiger partial charge in [0.25, 0.3) is 0 Å². The molecule has 7 aromatic carbocycles. The summed E-state index contributed by atoms with van der Waals surface area (Å²) in [6.45, 7) is 0. The van der Waals surface area contributed by atoms with Gasteiger partial charge in [-0.15, -0.1) is 0 Å². The lowest BCUT2D eigenvalue weighted by Crippen LogP contribution is -2.12. The van der Waals surface area contributed by atoms with E-state index in [1.165, 1.54) is 21.9 Å². The standard InChI is InChI=1S/C47H34N4/c1-4-15-38(16-5-1)50(39-17-6-2-7-18-39)42-28-30-43(31-29-42)51(40-19-8-3-9-20-40)41-26-23-36(24-27-41)46-34-49-33-37(25-32-47(49)48-46)45-22-12-14-35-13-10-11-21-44(35)45/h1-34H. The number of nitrogens with zero attached hydrogens (tertiary/aromatic N) is 4. The van der Waals surface area contributed by atoms with Crippen LogP contribution in [0.25, 0.3) is 38.8 Å². The second-order valence-electron chi connectivity index (χ2n) is 12.6. The molecule has 9 aromatic rings. The zero-order valence-electron chi connectivity index (χ0n) is 27.9. The van der Waals surface area contributed by atoms with Crippen LogP contribution in [0.2, 0.25) is 0 Å². The Morgan fingerprint density at radius 2 is 0.804 bits per heavy atom. The summed E-state index contributed by atoms with van der Waals surface area (Å²) in [4.78, 5) is 9.57. The summed E-state index contributed by atoms with van der Waals surface area (Å²) >= 11 is 0. The maximum absolute atomic E-state index is 4.99. The van der Waals surface area contributed by atoms with Crippen LogP contribution < -0.4 is 9.80 Å². The SMILES string of the molecule is c1ccc(N(c2ccccc2)c2ccc(N(c3ccccc3)c3ccc(-c4cn5cc(-c6cccc7ccccc67)ccc5n4)cc3)cc2)cc1. The third-order valence-electron chi connectivity index (χ3n) is 9.38. The fraction of sp³-hybridized carbons (Fsp3) is 0. The molecule has 0 saturated heterocycles. The molecule has 0 spiro atoms. The Bertz CT molecular complexity index is 2520. The number of para-hydroxylation sites is 3. The number of pyridine rings is 1. The van der Waals surface area contributed by atoms with Crippen molar-refractivity contribution in [3.05, 3.63) is 207 Å². The first kappa shape index (κ1) is 30.2. The molecule has 51 heavy (non-hydrogen) atoms. The molecular weight excluding hydrogens is 621 g/mol. The van der Waals surface area contributed by atoms with Crippen molar-refractivity contribution in [2.75, 3.05) is 9.80 Å². The van der Waals surface area contributed by atoms with Crippen LogP contribution in [0.1, 0.15) is 0 Å². The third kappa shape index (κ3) is 5.90. The molecule has 2 heterocycles. The molecule has 0 fully saturated rings. The minimum atomic E-state index is 0.920. The number of hydrogen-bond donors (Lipinski definition) is 0. The van der Waals surface area contributed by atoms with E-state index in [0.717, 1.165) is 51.0 Å². The molecular formula is C47H34N4. The molecule has 0 aliphatic heterocycles. The van der Waals surface area contributed by atoms with E-state index in [1.54, 1.807) is 0 Å². The molecule has 0 atom stereocenters. The van der Waals surface area contributed by atoms with Gasteiger partial charge in [-0.2, -0.15) is 0 Å². The molecule has 242 valence electrons. The van der Waals surface area contributed by atoms with Gasteiger partial charge in [0.2, 0.25) is 0 Å². The monoisotopic (exact) mass is 654 g/mol. The second-order valence-corrected chi connectivity index (χ2v) is 12.6. The molecule has 2 aromatic heterocycles. The van der Waals surface area contributed by atoms with Crippen LogP contribution in [0.3, 0.4) is 0 Å². The van der Waals surface area contributed by atoms with E-state index in [1.807, 2.05) is 0 Å². The predicted molar refractivity (Wildman–Crippen MR) is 213 cm³/mol. The number of rotatable bonds is 8. The Labute approximate surface area is 297 Å². The lowest BCUT2D eigenvalue weighted by Gasteiger charge is -2.28. The van der Waals surface area contributed by atoms with Gasteiger partial charge in [0, 0.05) is 52.1 Å². The van der Waals surface area contributed by atoms with Crippen LogP contribution >= 0.6 is 0 Å². The first-order chi connectivity index (χ1) is 25.3. The number of hydrogen-bond acceptors (Lipinski definition) is 3. The maximum Gasteiger partial charge on any atom is 0.137 e. The number of aromatic nitrogens is 2. The Kier molecular flexibility index (Phi) is 7.80. The highest BCUT2D eigenvalue weighted by Crippen LogP contribution is 2.39. The van der Waals surface area contributed by atoms with E-state index in [0.29, 0.717) is 0 Å². The Hall–Kier alpha value is -6.91. The zero-order valence-corrected chi connectivity index (χ0v) is 27.9. The third-order valence-corrected chi connectivity index (χ3v) is 9.38. The van der Waals surface area contributed by atoms with E-state index in [9.17, 15) is 0 Å². The van der Waals surface area contributed by atoms with Gasteiger partial charge < -0.3 is 14.2 Å². The van der Waals surface area contributed by atoms with Crippen molar-refractivity contribution in [2.24, 2.45) is 0 Å². The Balaban J connectivity index is 1.04. The molecule has 4 heteroatoms. The molecule has 0 unspecified atom stereocenters. The fourth-order valence-corrected chi connectivity index (χ4v) is 6.93. The molecule has 0 bridgehead atoms. The second kappa shape index (κ2) is 13.2. The summed E-state index contributed by atoms with van der Waals surface area (Å²) in [7, 11) is 0. The van der Waals surface area contributed by atoms with Crippen LogP contribution in [0.5, 0.6) is 0 Å². The van der Waals surface area contributed by atoms with Crippen LogP contribution in [-0.2, 0) is 0 Å². The summed E-state index contributed by atoms with van der Waals surface area (Å²) in [5.74, 6) is 0. The van der Waals surface area contributed by atoms with Crippen molar-refractivity contribution in [2.45, 2.75) is 0 Å². The van der Waals surface area contributed by atoms with E-state index >= 15 is 0 Å². The van der Waals surface area contributed by atoms with E-state index in [2.05, 4.69) is 221 Å². The van der Waals surface area contributed by atoms with Crippen molar-refractivity contribution in [3.63, 3.8) is 0 Å². The lowest BCUT2D eigenvalue weighted by molar-refractivity contribution is 1.19. The predicted octanol–water partition coefficient (Wildman–Crippen LogP) is 12.8. The van der Waals surface area contributed by atoms with Gasteiger partial charge in [0.1, 0.15) is 5.65 Å². The van der Waals surface area contributed by atoms with Crippen molar-refractivity contribution in [3.8, 4) is 22.4 Å². The van der Waals surface area contributed by atoms with E-state index in [-0.39, 0.29) is 0 Å². The first-order valence-corrected chi connectivity index (χ1v) is 17.2. The summed E-state index contributed by atoms with van der Waals surface area (Å²) in [6.07, 6.45) is 4.30. The molecule has 4 nitrogen and oxygen atoms in total. The van der Waals surface area contributed by atoms with Gasteiger partial charge in [-0.3, -0.25) is 0 Å². The fourth-order valence-electron chi connectivity index (χ4n) is 6.93. The van der Waals surface area contributed by atoms with Crippen molar-refractivity contribution in [1.82, 2.24) is 9.38 Å². The smallest absolute Gasteiger partial charge is 0.137 e. The number of fused-ring (bicyclic) bond motifs is 2. The summed E-state index contributed by atoms with van der Waals surface area (Å²) in [5, 5.41) is 2.49. The highest BCUT2D eigenvalue weighted by atomic mass is 15.2. The Morgan fingerprint density at radius 3 is 1.37 bits per heavy atom. The number of anilines is 6. The normalized spacial score (nSPS) is 11.1. The lowest BCUT2D eigenvalue weighted by atomic mass is 10.00. The topological polar surface area (TPSA) is 23.8 Å². The minimum absolute atomic E-state index is 0.920. The van der Waals surface area contributed by atoms with Crippen LogP contribution in [0, 0.1) is 0 Å². The van der Waals surface area contributed by atoms with Gasteiger partial charge in [0.05, 0.1) is 5.69 Å². The highest BCUT2D eigenvalue weighted by Gasteiger charge is 2.16. The zero-order chi connectivity index (χ0) is 34.0. The van der Waals surface area contributed by atoms with Crippen molar-refractivity contribution < 1.29 is 0 Å². The van der Waals surface area contributed by atoms with Gasteiger partial charge in [-0.25, -0.2) is 4.98 Å². The summed E-state index contributed by atoms with van der Waals surface area (Å²) in [5.41, 5.74) is 11.9. The largest absolute Gasteiger partial charge is 0.311 e. The van der Waals surface area contributed by atoms with Gasteiger partial charge in [0.15, 0.2) is 0 Å². The molecule has 0 amide bonds. The molecule has 0 radical (unpaired) electrons. The molecule has 0 N–H and O–H groups in total. The molecule has 0 aliphatic rings. The first-order valence-electron chi connectivity index (χ1n) is 17.2. The van der Waals surface area contributed by atoms with E-state index < -0.39 is 0 Å². The van der Waals surface area contributed by atoms with Gasteiger partial charge in [-0.05, 0) is 107 Å². The minimum Gasteiger partial charge on any atom is -0.311 e. The molecule has 0 saturated carbocycles. The van der Waals surface area contributed by atoms with Gasteiger partial charge in [-0.1, -0.05) is 109 Å². The summed E-state index contributed by atoms with van der Waals surface area (Å²) < 4.78 is 2.13. The van der Waals surface area contributed by atoms with Crippen molar-refractivity contribution >= 4 is 50.5 Å². The average molecular weight is 655 g/mol. The summed E-state index contributed by atoms with van der Waals surface area (Å²) in [6, 6.07) is 68.3. The maximum atomic E-state index is 4.99. The van der Waals surface area contributed by atoms with Crippen LogP contribution in [0.15, 0.2) is 207 Å². The van der Waals surface area contributed by atoms with Crippen molar-refractivity contribution in [1.29, 1.82) is 0 Å². The van der Waals surface area contributed by atoms with Crippen LogP contribution in [0.4, 0.5) is 34.1 Å².